The Labute approximate surface area is 145 Å². The maximum atomic E-state index is 11.9. The Kier molecular flexibility index (Phi) is 11.7. The molecule has 24 heavy (non-hydrogen) atoms. The first-order valence-electron chi connectivity index (χ1n) is 8.90. The summed E-state index contributed by atoms with van der Waals surface area (Å²) < 4.78 is 5.43. The van der Waals surface area contributed by atoms with Gasteiger partial charge in [-0.15, -0.1) is 0 Å². The Bertz CT molecular complexity index is 414. The number of amides is 1. The Hall–Kier alpha value is -1.62. The first-order valence-corrected chi connectivity index (χ1v) is 8.90. The van der Waals surface area contributed by atoms with Gasteiger partial charge < -0.3 is 20.7 Å². The molecule has 1 amide bonds. The molecule has 0 atom stereocenters. The highest BCUT2D eigenvalue weighted by Crippen LogP contribution is 1.93. The van der Waals surface area contributed by atoms with Crippen LogP contribution in [0.4, 0.5) is 0 Å². The van der Waals surface area contributed by atoms with Crippen molar-refractivity contribution in [2.24, 2.45) is 0 Å². The van der Waals surface area contributed by atoms with Gasteiger partial charge in [-0.25, -0.2) is 0 Å². The summed E-state index contributed by atoms with van der Waals surface area (Å²) >= 11 is 0. The molecule has 3 N–H and O–H groups in total. The second-order valence-electron chi connectivity index (χ2n) is 5.79. The third kappa shape index (κ3) is 9.50. The number of carbonyl (C=O) groups excluding carboxylic acids is 1. The number of unbranched alkanes of at least 4 members (excludes halogenated alkanes) is 1. The molecule has 7 heteroatoms. The fraction of sp³-hybridized carbons (Fsp3) is 0.765. The second-order valence-corrected chi connectivity index (χ2v) is 5.79. The van der Waals surface area contributed by atoms with Crippen LogP contribution >= 0.6 is 0 Å². The molecule has 0 aliphatic carbocycles. The van der Waals surface area contributed by atoms with Crippen molar-refractivity contribution < 1.29 is 9.53 Å². The third-order valence-electron chi connectivity index (χ3n) is 3.79. The van der Waals surface area contributed by atoms with Gasteiger partial charge in [-0.3, -0.25) is 9.69 Å². The van der Waals surface area contributed by atoms with Crippen molar-refractivity contribution >= 4 is 5.91 Å². The number of hydrogen-bond acceptors (Lipinski definition) is 6. The molecule has 1 heterocycles. The fourth-order valence-corrected chi connectivity index (χ4v) is 2.30. The Morgan fingerprint density at radius 1 is 1.29 bits per heavy atom. The Balaban J connectivity index is 2.12. The van der Waals surface area contributed by atoms with Crippen molar-refractivity contribution in [1.82, 2.24) is 20.9 Å². The number of rotatable bonds is 12. The summed E-state index contributed by atoms with van der Waals surface area (Å²) in [5, 5.41) is 18.2. The van der Waals surface area contributed by atoms with Crippen LogP contribution in [0.15, 0.2) is 11.8 Å². The minimum atomic E-state index is -0.333. The molecule has 0 aromatic rings. The zero-order valence-electron chi connectivity index (χ0n) is 14.8. The highest BCUT2D eigenvalue weighted by atomic mass is 16.5. The zero-order valence-corrected chi connectivity index (χ0v) is 14.8. The SMILES string of the molecule is CCCCOCCCNC(=O)/C(C#N)=C\NCCN1CCNCC1. The van der Waals surface area contributed by atoms with E-state index >= 15 is 0 Å². The van der Waals surface area contributed by atoms with Gasteiger partial charge in [-0.2, -0.15) is 5.26 Å². The minimum absolute atomic E-state index is 0.113. The van der Waals surface area contributed by atoms with Gasteiger partial charge in [0.1, 0.15) is 11.6 Å². The van der Waals surface area contributed by atoms with Crippen LogP contribution in [0, 0.1) is 11.3 Å². The largest absolute Gasteiger partial charge is 0.388 e. The topological polar surface area (TPSA) is 89.4 Å². The minimum Gasteiger partial charge on any atom is -0.388 e. The summed E-state index contributed by atoms with van der Waals surface area (Å²) in [6.45, 7) is 9.79. The van der Waals surface area contributed by atoms with Gasteiger partial charge in [0, 0.05) is 65.2 Å². The summed E-state index contributed by atoms with van der Waals surface area (Å²) in [6, 6.07) is 1.94. The fourth-order valence-electron chi connectivity index (χ4n) is 2.30. The maximum absolute atomic E-state index is 11.9. The number of hydrogen-bond donors (Lipinski definition) is 3. The van der Waals surface area contributed by atoms with Crippen molar-refractivity contribution in [1.29, 1.82) is 5.26 Å². The summed E-state index contributed by atoms with van der Waals surface area (Å²) in [7, 11) is 0. The van der Waals surface area contributed by atoms with Gasteiger partial charge in [0.25, 0.3) is 5.91 Å². The van der Waals surface area contributed by atoms with Gasteiger partial charge in [-0.05, 0) is 12.8 Å². The first-order chi connectivity index (χ1) is 11.8. The smallest absolute Gasteiger partial charge is 0.263 e. The number of nitriles is 1. The lowest BCUT2D eigenvalue weighted by molar-refractivity contribution is -0.117. The van der Waals surface area contributed by atoms with Crippen molar-refractivity contribution in [3.8, 4) is 6.07 Å². The normalized spacial score (nSPS) is 15.8. The summed E-state index contributed by atoms with van der Waals surface area (Å²) in [6.07, 6.45) is 4.45. The number of piperazine rings is 1. The van der Waals surface area contributed by atoms with E-state index in [1.54, 1.807) is 0 Å². The van der Waals surface area contributed by atoms with E-state index in [4.69, 9.17) is 10.00 Å². The molecule has 0 aromatic heterocycles. The van der Waals surface area contributed by atoms with Crippen LogP contribution in [0.3, 0.4) is 0 Å². The van der Waals surface area contributed by atoms with Crippen LogP contribution in [0.5, 0.6) is 0 Å². The first kappa shape index (κ1) is 20.4. The summed E-state index contributed by atoms with van der Waals surface area (Å²) in [5.41, 5.74) is 0.113. The molecule has 0 bridgehead atoms. The van der Waals surface area contributed by atoms with Gasteiger partial charge in [-0.1, -0.05) is 13.3 Å². The summed E-state index contributed by atoms with van der Waals surface area (Å²) in [5.74, 6) is -0.333. The average Bonchev–Trinajstić information content (AvgIpc) is 2.61. The quantitative estimate of drug-likeness (QED) is 0.268. The lowest BCUT2D eigenvalue weighted by Crippen LogP contribution is -2.45. The molecule has 1 rings (SSSR count). The van der Waals surface area contributed by atoms with Crippen LogP contribution in [-0.4, -0.2) is 69.8 Å². The molecule has 1 aliphatic rings. The van der Waals surface area contributed by atoms with Crippen LogP contribution in [0.25, 0.3) is 0 Å². The summed E-state index contributed by atoms with van der Waals surface area (Å²) in [4.78, 5) is 14.3. The molecule has 0 saturated carbocycles. The predicted octanol–water partition coefficient (Wildman–Crippen LogP) is 0.212. The van der Waals surface area contributed by atoms with Crippen molar-refractivity contribution in [2.45, 2.75) is 26.2 Å². The molecule has 136 valence electrons. The van der Waals surface area contributed by atoms with Gasteiger partial charge in [0.2, 0.25) is 0 Å². The Morgan fingerprint density at radius 3 is 2.75 bits per heavy atom. The van der Waals surface area contributed by atoms with Crippen LogP contribution < -0.4 is 16.0 Å². The van der Waals surface area contributed by atoms with E-state index < -0.39 is 0 Å². The van der Waals surface area contributed by atoms with E-state index in [0.717, 1.165) is 65.1 Å². The van der Waals surface area contributed by atoms with Crippen molar-refractivity contribution in [2.75, 3.05) is 59.0 Å². The second kappa shape index (κ2) is 13.8. The van der Waals surface area contributed by atoms with Gasteiger partial charge in [0.05, 0.1) is 0 Å². The molecule has 0 spiro atoms. The maximum Gasteiger partial charge on any atom is 0.263 e. The van der Waals surface area contributed by atoms with Crippen LogP contribution in [-0.2, 0) is 9.53 Å². The molecule has 0 aromatic carbocycles. The highest BCUT2D eigenvalue weighted by Gasteiger charge is 2.09. The number of nitrogens with zero attached hydrogens (tertiary/aromatic N) is 2. The van der Waals surface area contributed by atoms with Crippen molar-refractivity contribution in [3.05, 3.63) is 11.8 Å². The number of ether oxygens (including phenoxy) is 1. The van der Waals surface area contributed by atoms with E-state index in [-0.39, 0.29) is 11.5 Å². The van der Waals surface area contributed by atoms with E-state index in [2.05, 4.69) is 27.8 Å². The third-order valence-corrected chi connectivity index (χ3v) is 3.79. The zero-order chi connectivity index (χ0) is 17.5. The molecule has 1 aliphatic heterocycles. The molecule has 0 radical (unpaired) electrons. The lowest BCUT2D eigenvalue weighted by Gasteiger charge is -2.26. The average molecular weight is 337 g/mol. The lowest BCUT2D eigenvalue weighted by atomic mass is 10.3. The van der Waals surface area contributed by atoms with Crippen LogP contribution in [0.1, 0.15) is 26.2 Å². The van der Waals surface area contributed by atoms with Crippen LogP contribution in [0.2, 0.25) is 0 Å². The van der Waals surface area contributed by atoms with Crippen molar-refractivity contribution in [3.63, 3.8) is 0 Å². The molecular formula is C17H31N5O2. The molecule has 1 fully saturated rings. The molecule has 0 unspecified atom stereocenters. The standard InChI is InChI=1S/C17H31N5O2/c1-2-3-12-24-13-4-5-21-17(23)16(14-18)15-20-8-11-22-9-6-19-7-10-22/h15,19-20H,2-13H2,1H3,(H,21,23)/b16-15-. The highest BCUT2D eigenvalue weighted by molar-refractivity contribution is 5.97. The van der Waals surface area contributed by atoms with Gasteiger partial charge in [0.15, 0.2) is 0 Å². The monoisotopic (exact) mass is 337 g/mol. The van der Waals surface area contributed by atoms with E-state index in [0.29, 0.717) is 13.2 Å². The number of nitrogens with one attached hydrogen (secondary N) is 3. The molecule has 1 saturated heterocycles. The van der Waals surface area contributed by atoms with E-state index in [1.807, 2.05) is 6.07 Å². The predicted molar refractivity (Wildman–Crippen MR) is 94.4 cm³/mol. The number of carbonyl (C=O) groups is 1. The van der Waals surface area contributed by atoms with E-state index in [1.165, 1.54) is 6.20 Å². The molecular weight excluding hydrogens is 306 g/mol. The Morgan fingerprint density at radius 2 is 2.04 bits per heavy atom. The molecule has 7 nitrogen and oxygen atoms in total. The van der Waals surface area contributed by atoms with E-state index in [9.17, 15) is 4.79 Å². The van der Waals surface area contributed by atoms with Gasteiger partial charge >= 0.3 is 0 Å².